The van der Waals surface area contributed by atoms with E-state index in [0.717, 1.165) is 18.2 Å². The monoisotopic (exact) mass is 314 g/mol. The minimum Gasteiger partial charge on any atom is -0.480 e. The molecule has 0 aliphatic carbocycles. The van der Waals surface area contributed by atoms with Crippen LogP contribution in [0, 0.1) is 0 Å². The molecular formula is C13H19BrN2O2. The van der Waals surface area contributed by atoms with Crippen molar-refractivity contribution in [1.29, 1.82) is 0 Å². The predicted octanol–water partition coefficient (Wildman–Crippen LogP) is 2.77. The molecule has 18 heavy (non-hydrogen) atoms. The number of carbonyl (C=O) groups is 1. The van der Waals surface area contributed by atoms with Crippen molar-refractivity contribution in [2.45, 2.75) is 32.2 Å². The Balaban J connectivity index is 2.87. The van der Waals surface area contributed by atoms with Gasteiger partial charge in [0, 0.05) is 17.1 Å². The zero-order chi connectivity index (χ0) is 13.6. The summed E-state index contributed by atoms with van der Waals surface area (Å²) >= 11 is 3.41. The van der Waals surface area contributed by atoms with Gasteiger partial charge in [-0.3, -0.25) is 4.79 Å². The Morgan fingerprint density at radius 3 is 2.89 bits per heavy atom. The molecule has 1 heterocycles. The van der Waals surface area contributed by atoms with Crippen molar-refractivity contribution in [3.63, 3.8) is 0 Å². The van der Waals surface area contributed by atoms with Crippen molar-refractivity contribution in [3.8, 4) is 5.88 Å². The quantitative estimate of drug-likeness (QED) is 0.821. The topological polar surface area (TPSA) is 51.2 Å². The molecule has 0 saturated heterocycles. The van der Waals surface area contributed by atoms with E-state index in [1.165, 1.54) is 7.11 Å². The van der Waals surface area contributed by atoms with E-state index >= 15 is 0 Å². The smallest absolute Gasteiger partial charge is 0.257 e. The molecule has 1 atom stereocenters. The van der Waals surface area contributed by atoms with Crippen LogP contribution in [0.25, 0.3) is 0 Å². The zero-order valence-electron chi connectivity index (χ0n) is 11.0. The average Bonchev–Trinajstić information content (AvgIpc) is 2.38. The van der Waals surface area contributed by atoms with Gasteiger partial charge in [-0.2, -0.15) is 0 Å². The van der Waals surface area contributed by atoms with Crippen LogP contribution in [0.2, 0.25) is 0 Å². The number of halogens is 1. The normalized spacial score (nSPS) is 13.8. The van der Waals surface area contributed by atoms with Gasteiger partial charge in [-0.05, 0) is 31.9 Å². The summed E-state index contributed by atoms with van der Waals surface area (Å²) in [4.78, 5) is 16.3. The Morgan fingerprint density at radius 2 is 2.33 bits per heavy atom. The third kappa shape index (κ3) is 3.70. The van der Waals surface area contributed by atoms with Gasteiger partial charge in [-0.1, -0.05) is 22.9 Å². The first-order valence-electron chi connectivity index (χ1n) is 5.94. The van der Waals surface area contributed by atoms with E-state index in [0.29, 0.717) is 11.4 Å². The minimum absolute atomic E-state index is 0.148. The Labute approximate surface area is 116 Å². The van der Waals surface area contributed by atoms with Gasteiger partial charge < -0.3 is 10.1 Å². The van der Waals surface area contributed by atoms with E-state index in [1.54, 1.807) is 18.3 Å². The Hall–Kier alpha value is -1.10. The number of methoxy groups -OCH3 is 1. The summed E-state index contributed by atoms with van der Waals surface area (Å²) < 4.78 is 5.09. The van der Waals surface area contributed by atoms with Gasteiger partial charge in [0.2, 0.25) is 5.88 Å². The summed E-state index contributed by atoms with van der Waals surface area (Å²) in [5.41, 5.74) is 0.246. The second kappa shape index (κ2) is 6.73. The molecule has 1 aromatic rings. The number of ether oxygens (including phenoxy) is 1. The van der Waals surface area contributed by atoms with Crippen LogP contribution in [0.15, 0.2) is 18.3 Å². The van der Waals surface area contributed by atoms with Crippen molar-refractivity contribution in [3.05, 3.63) is 23.9 Å². The van der Waals surface area contributed by atoms with Crippen molar-refractivity contribution < 1.29 is 9.53 Å². The largest absolute Gasteiger partial charge is 0.480 e. The summed E-state index contributed by atoms with van der Waals surface area (Å²) in [5, 5.41) is 3.90. The second-order valence-electron chi connectivity index (χ2n) is 4.37. The number of nitrogens with zero attached hydrogens (tertiary/aromatic N) is 1. The van der Waals surface area contributed by atoms with Crippen molar-refractivity contribution in [2.75, 3.05) is 12.4 Å². The molecule has 0 fully saturated rings. The molecule has 0 radical (unpaired) electrons. The summed E-state index contributed by atoms with van der Waals surface area (Å²) in [7, 11) is 1.51. The van der Waals surface area contributed by atoms with Gasteiger partial charge in [0.05, 0.1) is 7.11 Å². The number of nitrogens with one attached hydrogen (secondary N) is 1. The number of rotatable bonds is 6. The molecule has 0 aromatic carbocycles. The minimum atomic E-state index is -0.221. The van der Waals surface area contributed by atoms with Gasteiger partial charge >= 0.3 is 0 Å². The molecule has 0 aliphatic heterocycles. The highest BCUT2D eigenvalue weighted by Crippen LogP contribution is 2.19. The van der Waals surface area contributed by atoms with Gasteiger partial charge in [-0.25, -0.2) is 4.98 Å². The maximum atomic E-state index is 12.2. The third-order valence-corrected chi connectivity index (χ3v) is 3.45. The van der Waals surface area contributed by atoms with Crippen LogP contribution in [0.5, 0.6) is 5.88 Å². The molecule has 0 aliphatic rings. The molecule has 0 bridgehead atoms. The Morgan fingerprint density at radius 1 is 1.61 bits per heavy atom. The van der Waals surface area contributed by atoms with Crippen LogP contribution in [0.3, 0.4) is 0 Å². The fourth-order valence-electron chi connectivity index (χ4n) is 1.60. The first-order chi connectivity index (χ1) is 8.56. The molecule has 4 nitrogen and oxygen atoms in total. The molecule has 5 heteroatoms. The third-order valence-electron chi connectivity index (χ3n) is 3.05. The number of aromatic nitrogens is 1. The molecule has 1 rings (SSSR count). The highest BCUT2D eigenvalue weighted by molar-refractivity contribution is 9.09. The first kappa shape index (κ1) is 15.0. The van der Waals surface area contributed by atoms with E-state index in [9.17, 15) is 4.79 Å². The van der Waals surface area contributed by atoms with Crippen LogP contribution in [0.4, 0.5) is 0 Å². The summed E-state index contributed by atoms with van der Waals surface area (Å²) in [5.74, 6) is 0.206. The molecule has 1 aromatic heterocycles. The standard InChI is InChI=1S/C13H19BrN2O2/c1-4-13(2,7-8-14)16-11(17)10-6-5-9-15-12(10)18-3/h5-6,9H,4,7-8H2,1-3H3,(H,16,17). The van der Waals surface area contributed by atoms with Gasteiger partial charge in [0.25, 0.3) is 5.91 Å². The summed E-state index contributed by atoms with van der Waals surface area (Å²) in [6, 6.07) is 3.44. The molecular weight excluding hydrogens is 296 g/mol. The van der Waals surface area contributed by atoms with Crippen LogP contribution in [0.1, 0.15) is 37.0 Å². The van der Waals surface area contributed by atoms with E-state index in [4.69, 9.17) is 4.74 Å². The van der Waals surface area contributed by atoms with Gasteiger partial charge in [0.15, 0.2) is 0 Å². The van der Waals surface area contributed by atoms with Crippen molar-refractivity contribution in [2.24, 2.45) is 0 Å². The predicted molar refractivity (Wildman–Crippen MR) is 75.4 cm³/mol. The first-order valence-corrected chi connectivity index (χ1v) is 7.06. The number of alkyl halides is 1. The number of pyridine rings is 1. The van der Waals surface area contributed by atoms with Crippen LogP contribution in [-0.4, -0.2) is 28.9 Å². The summed E-state index contributed by atoms with van der Waals surface area (Å²) in [6.07, 6.45) is 3.35. The maximum Gasteiger partial charge on any atom is 0.257 e. The van der Waals surface area contributed by atoms with Crippen LogP contribution in [-0.2, 0) is 0 Å². The van der Waals surface area contributed by atoms with Crippen LogP contribution >= 0.6 is 15.9 Å². The Bertz CT molecular complexity index is 412. The number of hydrogen-bond donors (Lipinski definition) is 1. The maximum absolute atomic E-state index is 12.2. The lowest BCUT2D eigenvalue weighted by molar-refractivity contribution is 0.0898. The van der Waals surface area contributed by atoms with Crippen molar-refractivity contribution in [1.82, 2.24) is 10.3 Å². The van der Waals surface area contributed by atoms with Gasteiger partial charge in [-0.15, -0.1) is 0 Å². The fourth-order valence-corrected chi connectivity index (χ4v) is 2.48. The summed E-state index contributed by atoms with van der Waals surface area (Å²) in [6.45, 7) is 4.10. The second-order valence-corrected chi connectivity index (χ2v) is 5.16. The van der Waals surface area contributed by atoms with E-state index in [1.807, 2.05) is 6.92 Å². The highest BCUT2D eigenvalue weighted by atomic mass is 79.9. The van der Waals surface area contributed by atoms with Crippen LogP contribution < -0.4 is 10.1 Å². The van der Waals surface area contributed by atoms with E-state index in [2.05, 4.69) is 33.2 Å². The molecule has 1 N–H and O–H groups in total. The number of amides is 1. The fraction of sp³-hybridized carbons (Fsp3) is 0.538. The number of carbonyl (C=O) groups excluding carboxylic acids is 1. The molecule has 0 saturated carbocycles. The van der Waals surface area contributed by atoms with Crippen molar-refractivity contribution >= 4 is 21.8 Å². The Kier molecular flexibility index (Phi) is 5.59. The average molecular weight is 315 g/mol. The molecule has 100 valence electrons. The lowest BCUT2D eigenvalue weighted by Gasteiger charge is -2.29. The zero-order valence-corrected chi connectivity index (χ0v) is 12.6. The SMILES string of the molecule is CCC(C)(CCBr)NC(=O)c1cccnc1OC. The number of hydrogen-bond acceptors (Lipinski definition) is 3. The van der Waals surface area contributed by atoms with E-state index in [-0.39, 0.29) is 11.4 Å². The lowest BCUT2D eigenvalue weighted by Crippen LogP contribution is -2.45. The molecule has 1 unspecified atom stereocenters. The lowest BCUT2D eigenvalue weighted by atomic mass is 9.95. The molecule has 1 amide bonds. The molecule has 0 spiro atoms. The van der Waals surface area contributed by atoms with E-state index < -0.39 is 0 Å². The van der Waals surface area contributed by atoms with Gasteiger partial charge in [0.1, 0.15) is 5.56 Å². The highest BCUT2D eigenvalue weighted by Gasteiger charge is 2.25.